The van der Waals surface area contributed by atoms with Gasteiger partial charge in [-0.25, -0.2) is 9.38 Å². The number of hydrogen-bond acceptors (Lipinski definition) is 4. The van der Waals surface area contributed by atoms with Crippen molar-refractivity contribution < 1.29 is 17.6 Å². The Balaban J connectivity index is 1.97. The minimum atomic E-state index is -4.36. The van der Waals surface area contributed by atoms with Crippen LogP contribution in [0, 0.1) is 17.1 Å². The number of hydrazine groups is 1. The first kappa shape index (κ1) is 17.2. The van der Waals surface area contributed by atoms with Crippen molar-refractivity contribution in [2.75, 3.05) is 6.54 Å². The molecular formula is C17H14F4N4. The summed E-state index contributed by atoms with van der Waals surface area (Å²) < 4.78 is 52.4. The second-order valence-corrected chi connectivity index (χ2v) is 5.80. The van der Waals surface area contributed by atoms with Gasteiger partial charge in [0.2, 0.25) is 0 Å². The summed E-state index contributed by atoms with van der Waals surface area (Å²) in [6, 6.07) is 4.01. The van der Waals surface area contributed by atoms with E-state index in [1.165, 1.54) is 22.2 Å². The minimum absolute atomic E-state index is 0.0759. The number of nitrogens with zero attached hydrogens (tertiary/aromatic N) is 4. The molecule has 3 rings (SSSR count). The molecule has 2 heterocycles. The first-order valence-corrected chi connectivity index (χ1v) is 7.53. The number of allylic oxidation sites excluding steroid dienone is 2. The molecule has 0 saturated heterocycles. The van der Waals surface area contributed by atoms with Crippen LogP contribution in [0.2, 0.25) is 0 Å². The molecule has 0 saturated carbocycles. The molecule has 0 fully saturated rings. The molecule has 25 heavy (non-hydrogen) atoms. The van der Waals surface area contributed by atoms with E-state index in [4.69, 9.17) is 0 Å². The summed E-state index contributed by atoms with van der Waals surface area (Å²) in [5.74, 6) is -0.177. The fourth-order valence-corrected chi connectivity index (χ4v) is 2.84. The number of nitriles is 1. The first-order valence-electron chi connectivity index (χ1n) is 7.53. The third-order valence-corrected chi connectivity index (χ3v) is 4.15. The molecular weight excluding hydrogens is 336 g/mol. The van der Waals surface area contributed by atoms with E-state index in [-0.39, 0.29) is 12.1 Å². The highest BCUT2D eigenvalue weighted by Gasteiger charge is 2.45. The average molecular weight is 350 g/mol. The van der Waals surface area contributed by atoms with Gasteiger partial charge in [-0.3, -0.25) is 5.01 Å². The second kappa shape index (κ2) is 6.01. The van der Waals surface area contributed by atoms with E-state index in [2.05, 4.69) is 4.99 Å². The molecule has 2 aliphatic rings. The van der Waals surface area contributed by atoms with Gasteiger partial charge in [-0.15, -0.1) is 0 Å². The van der Waals surface area contributed by atoms with E-state index in [1.807, 2.05) is 6.07 Å². The maximum absolute atomic E-state index is 13.3. The van der Waals surface area contributed by atoms with Crippen LogP contribution >= 0.6 is 0 Å². The fourth-order valence-electron chi connectivity index (χ4n) is 2.84. The summed E-state index contributed by atoms with van der Waals surface area (Å²) in [4.78, 5) is 4.36. The van der Waals surface area contributed by atoms with Gasteiger partial charge in [0.05, 0.1) is 17.3 Å². The highest BCUT2D eigenvalue weighted by Crippen LogP contribution is 2.34. The van der Waals surface area contributed by atoms with Crippen LogP contribution in [-0.4, -0.2) is 34.5 Å². The summed E-state index contributed by atoms with van der Waals surface area (Å²) in [7, 11) is 0. The van der Waals surface area contributed by atoms with Gasteiger partial charge in [0.15, 0.2) is 0 Å². The number of benzene rings is 1. The Bertz CT molecular complexity index is 845. The van der Waals surface area contributed by atoms with Gasteiger partial charge in [0, 0.05) is 17.8 Å². The molecule has 0 unspecified atom stereocenters. The third-order valence-electron chi connectivity index (χ3n) is 4.15. The molecule has 4 nitrogen and oxygen atoms in total. The summed E-state index contributed by atoms with van der Waals surface area (Å²) in [5, 5.41) is 11.8. The van der Waals surface area contributed by atoms with Crippen molar-refractivity contribution in [1.82, 2.24) is 10.0 Å². The predicted octanol–water partition coefficient (Wildman–Crippen LogP) is 3.73. The molecule has 130 valence electrons. The maximum atomic E-state index is 13.3. The standard InChI is InChI=1S/C17H14F4N4/c1-10-7-15(14-4-3-13(18)8-12(14)9-22)23-16-5-6-24(25(10)16)11(2)17(19,20)21/h3-5,7-8,11H,6H2,1-2H3/t11-/m1/s1. The van der Waals surface area contributed by atoms with Crippen LogP contribution in [0.15, 0.2) is 46.9 Å². The van der Waals surface area contributed by atoms with Crippen molar-refractivity contribution in [3.8, 4) is 6.07 Å². The summed E-state index contributed by atoms with van der Waals surface area (Å²) in [5.41, 5.74) is 1.51. The van der Waals surface area contributed by atoms with Crippen LogP contribution in [0.3, 0.4) is 0 Å². The normalized spacial score (nSPS) is 18.9. The monoisotopic (exact) mass is 350 g/mol. The summed E-state index contributed by atoms with van der Waals surface area (Å²) in [6.45, 7) is 2.84. The van der Waals surface area contributed by atoms with Crippen LogP contribution in [-0.2, 0) is 0 Å². The van der Waals surface area contributed by atoms with Crippen molar-refractivity contribution in [3.05, 3.63) is 58.8 Å². The van der Waals surface area contributed by atoms with E-state index < -0.39 is 18.0 Å². The van der Waals surface area contributed by atoms with Crippen molar-refractivity contribution in [2.45, 2.75) is 26.1 Å². The zero-order valence-corrected chi connectivity index (χ0v) is 13.5. The molecule has 0 radical (unpaired) electrons. The molecule has 1 aromatic rings. The highest BCUT2D eigenvalue weighted by molar-refractivity contribution is 6.11. The van der Waals surface area contributed by atoms with E-state index in [0.29, 0.717) is 22.8 Å². The predicted molar refractivity (Wildman–Crippen MR) is 83.6 cm³/mol. The fraction of sp³-hybridized carbons (Fsp3) is 0.294. The lowest BCUT2D eigenvalue weighted by molar-refractivity contribution is -0.201. The van der Waals surface area contributed by atoms with Gasteiger partial charge in [0.1, 0.15) is 17.7 Å². The number of aliphatic imine (C=N–C) groups is 1. The molecule has 0 aromatic heterocycles. The van der Waals surface area contributed by atoms with E-state index >= 15 is 0 Å². The van der Waals surface area contributed by atoms with Crippen LogP contribution < -0.4 is 0 Å². The number of rotatable bonds is 2. The van der Waals surface area contributed by atoms with Crippen LogP contribution in [0.4, 0.5) is 17.6 Å². The van der Waals surface area contributed by atoms with E-state index in [9.17, 15) is 22.8 Å². The lowest BCUT2D eigenvalue weighted by Gasteiger charge is -2.38. The first-order chi connectivity index (χ1) is 11.7. The van der Waals surface area contributed by atoms with Gasteiger partial charge in [-0.05, 0) is 44.2 Å². The Morgan fingerprint density at radius 2 is 2.04 bits per heavy atom. The van der Waals surface area contributed by atoms with Crippen molar-refractivity contribution in [2.24, 2.45) is 4.99 Å². The summed E-state index contributed by atoms with van der Waals surface area (Å²) in [6.07, 6.45) is -1.18. The Morgan fingerprint density at radius 3 is 2.68 bits per heavy atom. The Morgan fingerprint density at radius 1 is 1.32 bits per heavy atom. The van der Waals surface area contributed by atoms with Crippen molar-refractivity contribution in [3.63, 3.8) is 0 Å². The number of fused-ring (bicyclic) bond motifs is 1. The third kappa shape index (κ3) is 3.03. The molecule has 0 bridgehead atoms. The quantitative estimate of drug-likeness (QED) is 0.764. The van der Waals surface area contributed by atoms with Gasteiger partial charge in [0.25, 0.3) is 0 Å². The molecule has 0 aliphatic carbocycles. The Labute approximate surface area is 141 Å². The zero-order valence-electron chi connectivity index (χ0n) is 13.5. The molecule has 0 N–H and O–H groups in total. The minimum Gasteiger partial charge on any atom is -0.261 e. The van der Waals surface area contributed by atoms with Crippen molar-refractivity contribution in [1.29, 1.82) is 5.26 Å². The largest absolute Gasteiger partial charge is 0.405 e. The lowest BCUT2D eigenvalue weighted by atomic mass is 10.0. The van der Waals surface area contributed by atoms with Crippen molar-refractivity contribution >= 4 is 5.71 Å². The van der Waals surface area contributed by atoms with Gasteiger partial charge in [-0.1, -0.05) is 0 Å². The molecule has 1 aromatic carbocycles. The summed E-state index contributed by atoms with van der Waals surface area (Å²) >= 11 is 0. The number of alkyl halides is 3. The van der Waals surface area contributed by atoms with E-state index in [1.54, 1.807) is 19.1 Å². The number of hydrogen-bond donors (Lipinski definition) is 0. The number of halogens is 4. The van der Waals surface area contributed by atoms with Gasteiger partial charge >= 0.3 is 6.18 Å². The Hall–Kier alpha value is -2.66. The zero-order chi connectivity index (χ0) is 18.4. The molecule has 1 atom stereocenters. The molecule has 8 heteroatoms. The van der Waals surface area contributed by atoms with Crippen LogP contribution in [0.25, 0.3) is 0 Å². The Kier molecular flexibility index (Phi) is 4.13. The average Bonchev–Trinajstić information content (AvgIpc) is 2.97. The van der Waals surface area contributed by atoms with Crippen LogP contribution in [0.1, 0.15) is 25.0 Å². The highest BCUT2D eigenvalue weighted by atomic mass is 19.4. The van der Waals surface area contributed by atoms with Gasteiger partial charge in [-0.2, -0.15) is 23.4 Å². The maximum Gasteiger partial charge on any atom is 0.405 e. The molecule has 2 aliphatic heterocycles. The SMILES string of the molecule is CC1=CC(c2ccc(F)cc2C#N)=NC2=CCN([C@H](C)C(F)(F)F)N12. The molecule has 0 spiro atoms. The van der Waals surface area contributed by atoms with Gasteiger partial charge < -0.3 is 0 Å². The topological polar surface area (TPSA) is 42.6 Å². The smallest absolute Gasteiger partial charge is 0.261 e. The lowest BCUT2D eigenvalue weighted by Crippen LogP contribution is -2.49. The second-order valence-electron chi connectivity index (χ2n) is 5.80. The van der Waals surface area contributed by atoms with E-state index in [0.717, 1.165) is 13.0 Å². The van der Waals surface area contributed by atoms with Crippen LogP contribution in [0.5, 0.6) is 0 Å². The molecule has 0 amide bonds.